The minimum Gasteiger partial charge on any atom is -0.394 e. The fourth-order valence-corrected chi connectivity index (χ4v) is 7.59. The van der Waals surface area contributed by atoms with Crippen molar-refractivity contribution in [3.05, 3.63) is 0 Å². The second-order valence-electron chi connectivity index (χ2n) is 15.4. The highest BCUT2D eigenvalue weighted by Gasteiger charge is 2.56. The lowest BCUT2D eigenvalue weighted by atomic mass is 9.94. The van der Waals surface area contributed by atoms with Gasteiger partial charge in [-0.05, 0) is 13.8 Å². The maximum absolute atomic E-state index is 12.3. The summed E-state index contributed by atoms with van der Waals surface area (Å²) in [6.45, 7) is 2.50. The van der Waals surface area contributed by atoms with E-state index in [0.717, 1.165) is 13.8 Å². The van der Waals surface area contributed by atoms with E-state index in [2.05, 4.69) is 10.6 Å². The van der Waals surface area contributed by atoms with Crippen molar-refractivity contribution >= 4 is 11.8 Å². The molecule has 60 heavy (non-hydrogen) atoms. The summed E-state index contributed by atoms with van der Waals surface area (Å²) in [6.07, 6.45) is -39.9. The van der Waals surface area contributed by atoms with Gasteiger partial charge in [0.25, 0.3) is 0 Å². The molecule has 15 N–H and O–H groups in total. The Balaban J connectivity index is 1.48. The summed E-state index contributed by atoms with van der Waals surface area (Å²) < 4.78 is 52.1. The highest BCUT2D eigenvalue weighted by Crippen LogP contribution is 2.36. The maximum Gasteiger partial charge on any atom is 0.217 e. The highest BCUT2D eigenvalue weighted by atomic mass is 16.8. The molecule has 0 bridgehead atoms. The van der Waals surface area contributed by atoms with Crippen LogP contribution in [0.3, 0.4) is 0 Å². The van der Waals surface area contributed by atoms with Crippen molar-refractivity contribution in [2.24, 2.45) is 0 Å². The van der Waals surface area contributed by atoms with Crippen LogP contribution in [-0.2, 0) is 52.2 Å². The largest absolute Gasteiger partial charge is 0.394 e. The van der Waals surface area contributed by atoms with Crippen molar-refractivity contribution in [1.29, 1.82) is 0 Å². The number of rotatable bonds is 13. The summed E-state index contributed by atoms with van der Waals surface area (Å²) >= 11 is 0. The average Bonchev–Trinajstić information content (AvgIpc) is 3.19. The first-order valence-corrected chi connectivity index (χ1v) is 19.3. The van der Waals surface area contributed by atoms with Gasteiger partial charge in [-0.1, -0.05) is 0 Å². The van der Waals surface area contributed by atoms with E-state index in [0.29, 0.717) is 0 Å². The zero-order valence-electron chi connectivity index (χ0n) is 32.9. The Morgan fingerprint density at radius 3 is 1.50 bits per heavy atom. The van der Waals surface area contributed by atoms with E-state index in [9.17, 15) is 76.0 Å². The van der Waals surface area contributed by atoms with E-state index in [4.69, 9.17) is 42.6 Å². The number of nitrogens with one attached hydrogen (secondary N) is 2. The third kappa shape index (κ3) is 10.5. The molecular weight excluding hydrogens is 820 g/mol. The summed E-state index contributed by atoms with van der Waals surface area (Å²) in [6, 6.07) is -3.06. The van der Waals surface area contributed by atoms with Crippen LogP contribution >= 0.6 is 0 Å². The van der Waals surface area contributed by atoms with Crippen LogP contribution in [0.5, 0.6) is 0 Å². The Hall–Kier alpha value is -1.94. The van der Waals surface area contributed by atoms with Crippen LogP contribution in [0.1, 0.15) is 27.7 Å². The smallest absolute Gasteiger partial charge is 0.217 e. The van der Waals surface area contributed by atoms with Gasteiger partial charge in [0.05, 0.1) is 32.0 Å². The lowest BCUT2D eigenvalue weighted by Gasteiger charge is -2.51. The minimum atomic E-state index is -2.10. The number of aliphatic hydroxyl groups is 13. The Kier molecular flexibility index (Phi) is 16.9. The molecule has 0 radical (unpaired) electrons. The zero-order chi connectivity index (χ0) is 44.5. The van der Waals surface area contributed by atoms with Gasteiger partial charge in [-0.15, -0.1) is 0 Å². The number of carbonyl (C=O) groups excluding carboxylic acids is 2. The van der Waals surface area contributed by atoms with E-state index >= 15 is 0 Å². The molecule has 0 aromatic carbocycles. The molecule has 5 aliphatic heterocycles. The summed E-state index contributed by atoms with van der Waals surface area (Å²) in [5.74, 6) is -1.42. The van der Waals surface area contributed by atoms with Gasteiger partial charge in [0.15, 0.2) is 31.5 Å². The van der Waals surface area contributed by atoms with E-state index < -0.39 is 185 Å². The van der Waals surface area contributed by atoms with E-state index in [1.807, 2.05) is 0 Å². The molecule has 0 aromatic heterocycles. The lowest BCUT2D eigenvalue weighted by molar-refractivity contribution is -0.395. The fourth-order valence-electron chi connectivity index (χ4n) is 7.59. The van der Waals surface area contributed by atoms with Crippen LogP contribution in [0.4, 0.5) is 0 Å². The number of hydrogen-bond acceptors (Lipinski definition) is 24. The lowest BCUT2D eigenvalue weighted by Crippen LogP contribution is -2.70. The minimum absolute atomic E-state index is 0.675. The van der Waals surface area contributed by atoms with E-state index in [1.165, 1.54) is 13.8 Å². The van der Waals surface area contributed by atoms with Crippen LogP contribution < -0.4 is 10.6 Å². The zero-order valence-corrected chi connectivity index (χ0v) is 32.9. The van der Waals surface area contributed by atoms with Gasteiger partial charge in [-0.3, -0.25) is 9.59 Å². The molecule has 2 amide bonds. The van der Waals surface area contributed by atoms with Gasteiger partial charge in [-0.25, -0.2) is 0 Å². The van der Waals surface area contributed by atoms with Gasteiger partial charge in [0, 0.05) is 13.8 Å². The summed E-state index contributed by atoms with van der Waals surface area (Å²) in [5, 5.41) is 143. The number of aliphatic hydroxyl groups excluding tert-OH is 13. The average molecular weight is 879 g/mol. The Morgan fingerprint density at radius 2 is 0.917 bits per heavy atom. The number of amides is 2. The van der Waals surface area contributed by atoms with Crippen LogP contribution in [0.25, 0.3) is 0 Å². The van der Waals surface area contributed by atoms with Crippen LogP contribution in [-0.4, -0.2) is 251 Å². The Morgan fingerprint density at radius 1 is 0.467 bits per heavy atom. The van der Waals surface area contributed by atoms with Gasteiger partial charge < -0.3 is 120 Å². The molecular formula is C34H58N2O24. The molecule has 0 aromatic rings. The molecule has 0 saturated carbocycles. The molecule has 25 atom stereocenters. The molecule has 5 rings (SSSR count). The first-order chi connectivity index (χ1) is 28.2. The first-order valence-electron chi connectivity index (χ1n) is 19.3. The molecule has 26 heteroatoms. The van der Waals surface area contributed by atoms with Gasteiger partial charge in [-0.2, -0.15) is 0 Å². The van der Waals surface area contributed by atoms with Crippen molar-refractivity contribution in [3.8, 4) is 0 Å². The van der Waals surface area contributed by atoms with Gasteiger partial charge >= 0.3 is 0 Å². The second kappa shape index (κ2) is 20.7. The van der Waals surface area contributed by atoms with Crippen LogP contribution in [0.2, 0.25) is 0 Å². The monoisotopic (exact) mass is 878 g/mol. The molecule has 0 unspecified atom stereocenters. The molecule has 5 aliphatic rings. The third-order valence-corrected chi connectivity index (χ3v) is 11.0. The number of carbonyl (C=O) groups is 2. The summed E-state index contributed by atoms with van der Waals surface area (Å²) in [7, 11) is 0. The van der Waals surface area contributed by atoms with Gasteiger partial charge in [0.2, 0.25) is 11.8 Å². The standard InChI is InChI=1S/C34H58N2O24/c1-8-17(41)27(16(30(51)53-8)36-11(4)40)58-34-29(60-31-15(35-10(3)39)22(46)19(43)12(5-37)55-31)28(18(42)9(2)54-34)59-33-26(50)24(48)21(45)14(57-33)7-52-32-25(49)23(47)20(44)13(6-38)56-32/h8-9,12-34,37-38,41-51H,5-7H2,1-4H3,(H,35,39)(H,36,40)/t8-,9-,12+,13+,14+,15+,16-,17+,18-,19+,20+,21+,22+,23-,24-,25+,26+,27-,28+,29+,30+,31-,32-,33+,34-/m0/s1. The first kappa shape index (κ1) is 49.1. The molecule has 0 aliphatic carbocycles. The van der Waals surface area contributed by atoms with E-state index in [1.54, 1.807) is 0 Å². The molecule has 5 heterocycles. The second-order valence-corrected chi connectivity index (χ2v) is 15.4. The van der Waals surface area contributed by atoms with Crippen molar-refractivity contribution in [3.63, 3.8) is 0 Å². The van der Waals surface area contributed by atoms with Crippen LogP contribution in [0, 0.1) is 0 Å². The van der Waals surface area contributed by atoms with E-state index in [-0.39, 0.29) is 0 Å². The quantitative estimate of drug-likeness (QED) is 0.0817. The topological polar surface area (TPSA) is 404 Å². The molecule has 5 fully saturated rings. The maximum atomic E-state index is 12.3. The van der Waals surface area contributed by atoms with Crippen molar-refractivity contribution < 1.29 is 119 Å². The Labute approximate surface area is 342 Å². The highest BCUT2D eigenvalue weighted by molar-refractivity contribution is 5.73. The van der Waals surface area contributed by atoms with Crippen LogP contribution in [0.15, 0.2) is 0 Å². The number of hydrogen-bond donors (Lipinski definition) is 15. The molecule has 348 valence electrons. The van der Waals surface area contributed by atoms with Crippen molar-refractivity contribution in [2.45, 2.75) is 181 Å². The number of ether oxygens (including phenoxy) is 9. The summed E-state index contributed by atoms with van der Waals surface area (Å²) in [4.78, 5) is 24.4. The van der Waals surface area contributed by atoms with Crippen molar-refractivity contribution in [1.82, 2.24) is 10.6 Å². The Bertz CT molecular complexity index is 1400. The molecule has 26 nitrogen and oxygen atoms in total. The van der Waals surface area contributed by atoms with Gasteiger partial charge in [0.1, 0.15) is 110 Å². The normalized spacial score (nSPS) is 50.2. The molecule has 0 spiro atoms. The predicted octanol–water partition coefficient (Wildman–Crippen LogP) is -9.58. The summed E-state index contributed by atoms with van der Waals surface area (Å²) in [5.41, 5.74) is 0. The predicted molar refractivity (Wildman–Crippen MR) is 187 cm³/mol. The third-order valence-electron chi connectivity index (χ3n) is 11.0. The van der Waals surface area contributed by atoms with Crippen molar-refractivity contribution in [2.75, 3.05) is 19.8 Å². The SMILES string of the molecule is CC(=O)N[C@H]1[C@H](O[C@H]2[C@H](O[C@@H]3[C@H](O)[C@H](C)O[C@@H](O)[C@H]3NC(C)=O)O[C@@H](C)[C@H](O)[C@H]2O[C@H]2O[C@H](CO[C@H]3O[C@H](CO)[C@@H](O)[C@H](O)[C@H]3O)[C@@H](O)[C@H](O)[C@H]2O)O[C@H](CO)[C@@H](O)[C@@H]1O. The molecule has 5 saturated heterocycles. The fraction of sp³-hybridized carbons (Fsp3) is 0.941.